The summed E-state index contributed by atoms with van der Waals surface area (Å²) in [5.41, 5.74) is 4.09. The van der Waals surface area contributed by atoms with Crippen molar-refractivity contribution >= 4 is 29.4 Å². The molecule has 0 saturated carbocycles. The number of amides is 2. The number of nitrogens with zero attached hydrogens (tertiary/aromatic N) is 3. The number of benzene rings is 1. The highest BCUT2D eigenvalue weighted by atomic mass is 16.2. The summed E-state index contributed by atoms with van der Waals surface area (Å²) in [6, 6.07) is 6.48. The highest BCUT2D eigenvalue weighted by Gasteiger charge is 2.35. The van der Waals surface area contributed by atoms with Crippen LogP contribution in [0.4, 0.5) is 5.69 Å². The number of hydrogen-bond donors (Lipinski definition) is 0. The van der Waals surface area contributed by atoms with Crippen molar-refractivity contribution in [2.45, 2.75) is 27.2 Å². The molecule has 0 radical (unpaired) electrons. The average molecular weight is 337 g/mol. The number of aryl methyl sites for hydroxylation is 2. The zero-order valence-corrected chi connectivity index (χ0v) is 14.7. The summed E-state index contributed by atoms with van der Waals surface area (Å²) in [5.74, 6) is -0.664. The van der Waals surface area contributed by atoms with Crippen molar-refractivity contribution in [3.05, 3.63) is 52.4 Å². The molecule has 1 fully saturated rings. The van der Waals surface area contributed by atoms with Crippen LogP contribution in [-0.4, -0.2) is 27.4 Å². The molecule has 3 rings (SSSR count). The first-order valence-electron chi connectivity index (χ1n) is 7.98. The third kappa shape index (κ3) is 2.91. The smallest absolute Gasteiger partial charge is 0.261 e. The van der Waals surface area contributed by atoms with Crippen LogP contribution in [0.5, 0.6) is 0 Å². The Morgan fingerprint density at radius 3 is 2.32 bits per heavy atom. The van der Waals surface area contributed by atoms with Crippen molar-refractivity contribution in [1.82, 2.24) is 9.78 Å². The van der Waals surface area contributed by atoms with Crippen molar-refractivity contribution in [3.63, 3.8) is 0 Å². The van der Waals surface area contributed by atoms with Gasteiger partial charge in [-0.1, -0.05) is 0 Å². The summed E-state index contributed by atoms with van der Waals surface area (Å²) in [7, 11) is 1.84. The minimum atomic E-state index is -0.330. The molecular weight excluding hydrogens is 318 g/mol. The molecule has 6 heteroatoms. The van der Waals surface area contributed by atoms with Gasteiger partial charge < -0.3 is 0 Å². The second-order valence-electron chi connectivity index (χ2n) is 6.19. The van der Waals surface area contributed by atoms with Crippen LogP contribution in [0.25, 0.3) is 6.08 Å². The van der Waals surface area contributed by atoms with Crippen molar-refractivity contribution in [2.24, 2.45) is 7.05 Å². The second kappa shape index (κ2) is 6.12. The van der Waals surface area contributed by atoms with Crippen molar-refractivity contribution in [1.29, 1.82) is 0 Å². The number of carbonyl (C=O) groups is 3. The highest BCUT2D eigenvalue weighted by Crippen LogP contribution is 2.28. The highest BCUT2D eigenvalue weighted by molar-refractivity contribution is 6.29. The summed E-state index contributed by atoms with van der Waals surface area (Å²) >= 11 is 0. The summed E-state index contributed by atoms with van der Waals surface area (Å²) in [4.78, 5) is 37.6. The lowest BCUT2D eigenvalue weighted by molar-refractivity contribution is -0.120. The Balaban J connectivity index is 1.95. The molecule has 0 bridgehead atoms. The molecule has 2 amide bonds. The molecule has 1 aromatic carbocycles. The van der Waals surface area contributed by atoms with Gasteiger partial charge in [0.05, 0.1) is 17.8 Å². The number of anilines is 1. The van der Waals surface area contributed by atoms with Gasteiger partial charge in [0, 0.05) is 29.4 Å². The number of rotatable bonds is 3. The topological polar surface area (TPSA) is 72.3 Å². The summed E-state index contributed by atoms with van der Waals surface area (Å²) in [6.45, 7) is 5.27. The summed E-state index contributed by atoms with van der Waals surface area (Å²) < 4.78 is 1.75. The minimum Gasteiger partial charge on any atom is -0.295 e. The third-order valence-corrected chi connectivity index (χ3v) is 4.48. The van der Waals surface area contributed by atoms with E-state index in [-0.39, 0.29) is 24.0 Å². The van der Waals surface area contributed by atoms with Crippen LogP contribution in [0.1, 0.15) is 40.7 Å². The maximum Gasteiger partial charge on any atom is 0.261 e. The Morgan fingerprint density at radius 1 is 1.16 bits per heavy atom. The van der Waals surface area contributed by atoms with Crippen LogP contribution < -0.4 is 4.90 Å². The van der Waals surface area contributed by atoms with Crippen LogP contribution in [-0.2, 0) is 16.6 Å². The van der Waals surface area contributed by atoms with Gasteiger partial charge in [-0.3, -0.25) is 19.1 Å². The molecule has 0 N–H and O–H groups in total. The van der Waals surface area contributed by atoms with E-state index in [0.29, 0.717) is 16.8 Å². The molecule has 128 valence electrons. The maximum absolute atomic E-state index is 12.7. The molecular formula is C19H19N3O3. The molecule has 1 aliphatic rings. The first-order chi connectivity index (χ1) is 11.8. The number of Topliss-reactive ketones (excluding diaryl/α,β-unsaturated/α-hetero) is 1. The molecule has 1 aliphatic heterocycles. The van der Waals surface area contributed by atoms with E-state index >= 15 is 0 Å². The Kier molecular flexibility index (Phi) is 4.12. The fraction of sp³-hybridized carbons (Fsp3) is 0.263. The Hall–Kier alpha value is -3.02. The lowest BCUT2D eigenvalue weighted by Crippen LogP contribution is -2.28. The van der Waals surface area contributed by atoms with Crippen LogP contribution >= 0.6 is 0 Å². The van der Waals surface area contributed by atoms with E-state index in [0.717, 1.165) is 21.9 Å². The van der Waals surface area contributed by atoms with Crippen LogP contribution in [0.15, 0.2) is 29.8 Å². The number of aromatic nitrogens is 2. The Bertz CT molecular complexity index is 920. The number of imide groups is 1. The van der Waals surface area contributed by atoms with Crippen molar-refractivity contribution in [2.75, 3.05) is 4.90 Å². The quantitative estimate of drug-likeness (QED) is 0.490. The van der Waals surface area contributed by atoms with Gasteiger partial charge in [0.1, 0.15) is 0 Å². The van der Waals surface area contributed by atoms with Crippen LogP contribution in [0.2, 0.25) is 0 Å². The van der Waals surface area contributed by atoms with Gasteiger partial charge in [0.2, 0.25) is 5.91 Å². The summed E-state index contributed by atoms with van der Waals surface area (Å²) in [6.07, 6.45) is 1.81. The zero-order chi connectivity index (χ0) is 18.3. The molecule has 0 spiro atoms. The van der Waals surface area contributed by atoms with E-state index in [4.69, 9.17) is 0 Å². The van der Waals surface area contributed by atoms with E-state index in [2.05, 4.69) is 5.10 Å². The van der Waals surface area contributed by atoms with Gasteiger partial charge in [-0.2, -0.15) is 5.10 Å². The first-order valence-corrected chi connectivity index (χ1v) is 7.98. The molecule has 25 heavy (non-hydrogen) atoms. The predicted octanol–water partition coefficient (Wildman–Crippen LogP) is 2.59. The second-order valence-corrected chi connectivity index (χ2v) is 6.19. The zero-order valence-electron chi connectivity index (χ0n) is 14.7. The standard InChI is InChI=1S/C19H19N3O3/c1-11-17(12(2)21(4)20-11)9-15-10-18(24)22(19(15)25)16-7-5-14(6-8-16)13(3)23/h5-9H,10H2,1-4H3/b15-9+. The molecule has 2 heterocycles. The third-order valence-electron chi connectivity index (χ3n) is 4.48. The van der Waals surface area contributed by atoms with E-state index in [1.54, 1.807) is 35.0 Å². The molecule has 2 aromatic rings. The van der Waals surface area contributed by atoms with E-state index in [9.17, 15) is 14.4 Å². The average Bonchev–Trinajstić information content (AvgIpc) is 2.97. The fourth-order valence-corrected chi connectivity index (χ4v) is 2.97. The van der Waals surface area contributed by atoms with Crippen molar-refractivity contribution < 1.29 is 14.4 Å². The maximum atomic E-state index is 12.7. The van der Waals surface area contributed by atoms with Gasteiger partial charge in [0.15, 0.2) is 5.78 Å². The van der Waals surface area contributed by atoms with Gasteiger partial charge in [-0.15, -0.1) is 0 Å². The molecule has 1 aromatic heterocycles. The monoisotopic (exact) mass is 337 g/mol. The van der Waals surface area contributed by atoms with E-state index in [1.807, 2.05) is 20.9 Å². The molecule has 0 aliphatic carbocycles. The van der Waals surface area contributed by atoms with Gasteiger partial charge in [-0.25, -0.2) is 4.90 Å². The number of carbonyl (C=O) groups excluding carboxylic acids is 3. The fourth-order valence-electron chi connectivity index (χ4n) is 2.97. The van der Waals surface area contributed by atoms with Gasteiger partial charge in [0.25, 0.3) is 5.91 Å². The largest absolute Gasteiger partial charge is 0.295 e. The number of ketones is 1. The molecule has 0 unspecified atom stereocenters. The first kappa shape index (κ1) is 16.8. The molecule has 0 atom stereocenters. The minimum absolute atomic E-state index is 0.0566. The lowest BCUT2D eigenvalue weighted by Gasteiger charge is -2.13. The van der Waals surface area contributed by atoms with Crippen LogP contribution in [0.3, 0.4) is 0 Å². The van der Waals surface area contributed by atoms with Crippen molar-refractivity contribution in [3.8, 4) is 0 Å². The van der Waals surface area contributed by atoms with E-state index < -0.39 is 0 Å². The Morgan fingerprint density at radius 2 is 1.80 bits per heavy atom. The lowest BCUT2D eigenvalue weighted by atomic mass is 10.1. The van der Waals surface area contributed by atoms with E-state index in [1.165, 1.54) is 6.92 Å². The predicted molar refractivity (Wildman–Crippen MR) is 94.2 cm³/mol. The van der Waals surface area contributed by atoms with Gasteiger partial charge in [-0.05, 0) is 51.1 Å². The van der Waals surface area contributed by atoms with Gasteiger partial charge >= 0.3 is 0 Å². The SMILES string of the molecule is CC(=O)c1ccc(N2C(=O)C/C(=C\c3c(C)nn(C)c3C)C2=O)cc1. The normalized spacial score (nSPS) is 16.2. The molecule has 6 nitrogen and oxygen atoms in total. The Labute approximate surface area is 145 Å². The van der Waals surface area contributed by atoms with Crippen LogP contribution in [0, 0.1) is 13.8 Å². The molecule has 1 saturated heterocycles. The number of hydrogen-bond acceptors (Lipinski definition) is 4. The summed E-state index contributed by atoms with van der Waals surface area (Å²) in [5, 5.41) is 4.33.